The minimum atomic E-state index is -3.47. The summed E-state index contributed by atoms with van der Waals surface area (Å²) in [5.41, 5.74) is 0. The largest absolute Gasteiger partial charge is 0.503 e. The van der Waals surface area contributed by atoms with Gasteiger partial charge in [-0.1, -0.05) is 0 Å². The molecule has 17 heavy (non-hydrogen) atoms. The van der Waals surface area contributed by atoms with Gasteiger partial charge in [0.2, 0.25) is 0 Å². The zero-order valence-corrected chi connectivity index (χ0v) is 15.6. The Bertz CT molecular complexity index is 253. The van der Waals surface area contributed by atoms with Crippen molar-refractivity contribution in [3.63, 3.8) is 0 Å². The van der Waals surface area contributed by atoms with E-state index in [0.717, 1.165) is 0 Å². The van der Waals surface area contributed by atoms with E-state index in [-0.39, 0.29) is 0 Å². The van der Waals surface area contributed by atoms with E-state index in [1.165, 1.54) is 0 Å². The van der Waals surface area contributed by atoms with Crippen LogP contribution in [0.15, 0.2) is 0 Å². The molecule has 0 aromatic rings. The molecule has 0 unspecified atom stereocenters. The maximum absolute atomic E-state index is 12.7. The first-order chi connectivity index (χ1) is 7.12. The van der Waals surface area contributed by atoms with E-state index in [1.807, 2.05) is 56.3 Å². The predicted octanol–water partition coefficient (Wildman–Crippen LogP) is 3.97. The molecule has 0 spiro atoms. The Kier molecular flexibility index (Phi) is 6.04. The number of phosphoric acid groups is 1. The van der Waals surface area contributed by atoms with Crippen molar-refractivity contribution in [3.05, 3.63) is 0 Å². The van der Waals surface area contributed by atoms with E-state index >= 15 is 0 Å². The van der Waals surface area contributed by atoms with Gasteiger partial charge in [0, 0.05) is 0 Å². The lowest BCUT2D eigenvalue weighted by atomic mass is 11.9. The van der Waals surface area contributed by atoms with Gasteiger partial charge in [-0.25, -0.2) is 16.5 Å². The predicted molar refractivity (Wildman–Crippen MR) is 87.0 cm³/mol. The van der Waals surface area contributed by atoms with Gasteiger partial charge >= 0.3 is 7.82 Å². The molecular formula is C9H27O4PS3. The van der Waals surface area contributed by atoms with Crippen molar-refractivity contribution in [1.82, 2.24) is 0 Å². The maximum atomic E-state index is 12.7. The maximum Gasteiger partial charge on any atom is 0.503 e. The first kappa shape index (κ1) is 18.2. The molecular weight excluding hydrogens is 299 g/mol. The lowest BCUT2D eigenvalue weighted by Crippen LogP contribution is -2.07. The van der Waals surface area contributed by atoms with Crippen LogP contribution < -0.4 is 0 Å². The standard InChI is InChI=1S/C9H27O4PS3/c1-15(2,3)11-14(10,12-16(4,5)6)13-17(7,8)9/h1-9H3. The quantitative estimate of drug-likeness (QED) is 0.693. The number of hydrogen-bond donors (Lipinski definition) is 0. The number of rotatable bonds is 6. The van der Waals surface area contributed by atoms with Crippen molar-refractivity contribution in [2.24, 2.45) is 0 Å². The zero-order chi connectivity index (χ0) is 14.1. The summed E-state index contributed by atoms with van der Waals surface area (Å²) in [6.07, 6.45) is 17.3. The summed E-state index contributed by atoms with van der Waals surface area (Å²) in [5, 5.41) is 0. The van der Waals surface area contributed by atoms with Crippen LogP contribution in [-0.2, 0) is 16.5 Å². The van der Waals surface area contributed by atoms with Crippen LogP contribution in [0.25, 0.3) is 0 Å². The molecule has 0 aliphatic heterocycles. The highest BCUT2D eigenvalue weighted by atomic mass is 32.3. The van der Waals surface area contributed by atoms with E-state index in [0.29, 0.717) is 0 Å². The van der Waals surface area contributed by atoms with Gasteiger partial charge in [-0.2, -0.15) is 0 Å². The second kappa shape index (κ2) is 5.65. The molecule has 0 atom stereocenters. The Morgan fingerprint density at radius 3 is 0.882 bits per heavy atom. The molecule has 0 heterocycles. The van der Waals surface area contributed by atoms with Crippen LogP contribution >= 0.6 is 38.7 Å². The van der Waals surface area contributed by atoms with Crippen molar-refractivity contribution in [1.29, 1.82) is 0 Å². The molecule has 0 bridgehead atoms. The van der Waals surface area contributed by atoms with Gasteiger partial charge < -0.3 is 0 Å². The summed E-state index contributed by atoms with van der Waals surface area (Å²) in [6, 6.07) is 0. The minimum Gasteiger partial charge on any atom is -0.237 e. The molecule has 0 fully saturated rings. The highest BCUT2D eigenvalue weighted by molar-refractivity contribution is 8.34. The molecule has 0 radical (unpaired) electrons. The fourth-order valence-electron chi connectivity index (χ4n) is 0.859. The summed E-state index contributed by atoms with van der Waals surface area (Å²) in [4.78, 5) is 0. The third-order valence-corrected chi connectivity index (χ3v) is 8.50. The van der Waals surface area contributed by atoms with Crippen molar-refractivity contribution in [3.8, 4) is 0 Å². The second-order valence-corrected chi connectivity index (χ2v) is 18.9. The Morgan fingerprint density at radius 2 is 0.765 bits per heavy atom. The van der Waals surface area contributed by atoms with E-state index in [1.54, 1.807) is 0 Å². The molecule has 0 saturated carbocycles. The SMILES string of the molecule is CS(C)(C)OP(=O)(OS(C)(C)C)OS(C)(C)C. The third-order valence-electron chi connectivity index (χ3n) is 0.945. The fraction of sp³-hybridized carbons (Fsp3) is 1.00. The van der Waals surface area contributed by atoms with Crippen LogP contribution in [0.2, 0.25) is 0 Å². The lowest BCUT2D eigenvalue weighted by molar-refractivity contribution is 0.340. The van der Waals surface area contributed by atoms with Crippen LogP contribution in [0.4, 0.5) is 0 Å². The van der Waals surface area contributed by atoms with Gasteiger partial charge in [0.1, 0.15) is 0 Å². The smallest absolute Gasteiger partial charge is 0.237 e. The number of hydrogen-bond acceptors (Lipinski definition) is 4. The van der Waals surface area contributed by atoms with Crippen LogP contribution in [-0.4, -0.2) is 56.3 Å². The summed E-state index contributed by atoms with van der Waals surface area (Å²) in [7, 11) is -7.71. The zero-order valence-electron chi connectivity index (χ0n) is 12.3. The van der Waals surface area contributed by atoms with Gasteiger partial charge in [0.15, 0.2) is 0 Å². The lowest BCUT2D eigenvalue weighted by Gasteiger charge is -2.38. The molecule has 0 aromatic heterocycles. The first-order valence-corrected chi connectivity index (χ1v) is 14.7. The summed E-state index contributed by atoms with van der Waals surface area (Å²) in [5.74, 6) is 0. The van der Waals surface area contributed by atoms with E-state index in [9.17, 15) is 4.57 Å². The minimum absolute atomic E-state index is 1.41. The molecule has 0 amide bonds. The molecule has 4 nitrogen and oxygen atoms in total. The van der Waals surface area contributed by atoms with Crippen LogP contribution in [0.3, 0.4) is 0 Å². The summed E-state index contributed by atoms with van der Waals surface area (Å²) >= 11 is 0. The normalized spacial score (nSPS) is 17.9. The van der Waals surface area contributed by atoms with Crippen LogP contribution in [0, 0.1) is 0 Å². The fourth-order valence-corrected chi connectivity index (χ4v) is 8.40. The van der Waals surface area contributed by atoms with Crippen molar-refractivity contribution in [2.75, 3.05) is 56.3 Å². The molecule has 110 valence electrons. The van der Waals surface area contributed by atoms with Crippen molar-refractivity contribution >= 4 is 38.7 Å². The van der Waals surface area contributed by atoms with Gasteiger partial charge in [0.25, 0.3) is 0 Å². The van der Waals surface area contributed by atoms with E-state index < -0.39 is 38.7 Å². The molecule has 0 aliphatic rings. The molecule has 0 aromatic carbocycles. The Morgan fingerprint density at radius 1 is 0.588 bits per heavy atom. The van der Waals surface area contributed by atoms with Gasteiger partial charge in [-0.3, -0.25) is 0 Å². The van der Waals surface area contributed by atoms with Crippen LogP contribution in [0.1, 0.15) is 0 Å². The average Bonchev–Trinajstić information content (AvgIpc) is 1.65. The molecule has 8 heteroatoms. The first-order valence-electron chi connectivity index (χ1n) is 4.90. The monoisotopic (exact) mass is 326 g/mol. The molecule has 0 aliphatic carbocycles. The highest BCUT2D eigenvalue weighted by Crippen LogP contribution is 2.71. The van der Waals surface area contributed by atoms with E-state index in [2.05, 4.69) is 0 Å². The topological polar surface area (TPSA) is 44.8 Å². The molecule has 0 N–H and O–H groups in total. The van der Waals surface area contributed by atoms with Crippen molar-refractivity contribution in [2.45, 2.75) is 0 Å². The van der Waals surface area contributed by atoms with Gasteiger partial charge in [-0.05, 0) is 56.3 Å². The Balaban J connectivity index is 5.03. The average molecular weight is 326 g/mol. The second-order valence-electron chi connectivity index (χ2n) is 5.85. The van der Waals surface area contributed by atoms with Crippen LogP contribution in [0.5, 0.6) is 0 Å². The van der Waals surface area contributed by atoms with Gasteiger partial charge in [-0.15, -0.1) is 30.9 Å². The third kappa shape index (κ3) is 10.7. The molecule has 0 rings (SSSR count). The Labute approximate surface area is 111 Å². The van der Waals surface area contributed by atoms with Crippen molar-refractivity contribution < 1.29 is 16.5 Å². The van der Waals surface area contributed by atoms with Gasteiger partial charge in [0.05, 0.1) is 0 Å². The Hall–Kier alpha value is 1.16. The molecule has 0 saturated heterocycles. The highest BCUT2D eigenvalue weighted by Gasteiger charge is 2.38. The summed E-state index contributed by atoms with van der Waals surface area (Å²) in [6.45, 7) is 0. The summed E-state index contributed by atoms with van der Waals surface area (Å²) < 4.78 is 29.5. The van der Waals surface area contributed by atoms with E-state index in [4.69, 9.17) is 11.9 Å².